The molecule has 1 heterocycles. The van der Waals surface area contributed by atoms with E-state index < -0.39 is 11.8 Å². The molecule has 0 saturated carbocycles. The first-order valence-corrected chi connectivity index (χ1v) is 8.27. The van der Waals surface area contributed by atoms with Crippen LogP contribution in [-0.2, 0) is 11.3 Å². The van der Waals surface area contributed by atoms with Crippen molar-refractivity contribution in [2.24, 2.45) is 0 Å². The molecule has 25 heavy (non-hydrogen) atoms. The second-order valence-electron chi connectivity index (χ2n) is 5.73. The Kier molecular flexibility index (Phi) is 4.79. The third-order valence-electron chi connectivity index (χ3n) is 4.02. The number of hydrogen-bond donors (Lipinski definition) is 0. The maximum Gasteiger partial charge on any atom is 0.262 e. The van der Waals surface area contributed by atoms with Gasteiger partial charge in [-0.05, 0) is 29.8 Å². The molecule has 0 radical (unpaired) electrons. The monoisotopic (exact) mass is 376 g/mol. The van der Waals surface area contributed by atoms with Gasteiger partial charge in [0.15, 0.2) is 0 Å². The quantitative estimate of drug-likeness (QED) is 0.769. The average Bonchev–Trinajstić information content (AvgIpc) is 2.82. The summed E-state index contributed by atoms with van der Waals surface area (Å²) >= 11 is 12.0. The molecule has 0 atom stereocenters. The predicted molar refractivity (Wildman–Crippen MR) is 94.7 cm³/mol. The highest BCUT2D eigenvalue weighted by molar-refractivity contribution is 6.35. The summed E-state index contributed by atoms with van der Waals surface area (Å²) < 4.78 is 0. The molecule has 0 N–H and O–H groups in total. The Labute approximate surface area is 154 Å². The van der Waals surface area contributed by atoms with Crippen molar-refractivity contribution in [1.82, 2.24) is 9.80 Å². The zero-order valence-electron chi connectivity index (χ0n) is 13.3. The fraction of sp³-hybridized carbons (Fsp3) is 0.167. The van der Waals surface area contributed by atoms with Gasteiger partial charge in [-0.1, -0.05) is 41.4 Å². The van der Waals surface area contributed by atoms with Gasteiger partial charge in [0.2, 0.25) is 5.91 Å². The van der Waals surface area contributed by atoms with Gasteiger partial charge in [0.25, 0.3) is 11.8 Å². The number of halogens is 2. The first-order chi connectivity index (χ1) is 11.9. The van der Waals surface area contributed by atoms with Gasteiger partial charge in [0.05, 0.1) is 11.1 Å². The number of likely N-dealkylation sites (N-methyl/N-ethyl adjacent to an activating group) is 1. The summed E-state index contributed by atoms with van der Waals surface area (Å²) in [4.78, 5) is 39.4. The van der Waals surface area contributed by atoms with Crippen molar-refractivity contribution in [3.05, 3.63) is 69.2 Å². The van der Waals surface area contributed by atoms with E-state index in [2.05, 4.69) is 0 Å². The summed E-state index contributed by atoms with van der Waals surface area (Å²) in [6.45, 7) is -0.0634. The fourth-order valence-corrected chi connectivity index (χ4v) is 3.10. The largest absolute Gasteiger partial charge is 0.340 e. The molecule has 0 saturated heterocycles. The van der Waals surface area contributed by atoms with Crippen molar-refractivity contribution < 1.29 is 14.4 Å². The first kappa shape index (κ1) is 17.5. The highest BCUT2D eigenvalue weighted by Gasteiger charge is 2.36. The lowest BCUT2D eigenvalue weighted by atomic mass is 10.1. The molecule has 5 nitrogen and oxygen atoms in total. The molecule has 0 aliphatic carbocycles. The number of carbonyl (C=O) groups is 3. The number of nitrogens with zero attached hydrogens (tertiary/aromatic N) is 2. The summed E-state index contributed by atoms with van der Waals surface area (Å²) in [5, 5.41) is 0.960. The van der Waals surface area contributed by atoms with Crippen molar-refractivity contribution >= 4 is 40.9 Å². The SMILES string of the molecule is CN(Cc1ccc(Cl)cc1Cl)C(=O)CN1C(=O)c2ccccc2C1=O. The minimum Gasteiger partial charge on any atom is -0.340 e. The Morgan fingerprint density at radius 2 is 1.64 bits per heavy atom. The molecule has 1 aliphatic rings. The number of amides is 3. The van der Waals surface area contributed by atoms with Gasteiger partial charge in [0.1, 0.15) is 6.54 Å². The van der Waals surface area contributed by atoms with Crippen LogP contribution >= 0.6 is 23.2 Å². The lowest BCUT2D eigenvalue weighted by Gasteiger charge is -2.21. The molecule has 1 aliphatic heterocycles. The Morgan fingerprint density at radius 3 is 2.20 bits per heavy atom. The highest BCUT2D eigenvalue weighted by atomic mass is 35.5. The van der Waals surface area contributed by atoms with Crippen molar-refractivity contribution in [1.29, 1.82) is 0 Å². The molecule has 0 fully saturated rings. The minimum absolute atomic E-state index is 0.248. The van der Waals surface area contributed by atoms with Crippen LogP contribution in [0.25, 0.3) is 0 Å². The summed E-state index contributed by atoms with van der Waals surface area (Å²) in [6.07, 6.45) is 0. The maximum atomic E-state index is 12.4. The van der Waals surface area contributed by atoms with Crippen LogP contribution in [0.15, 0.2) is 42.5 Å². The summed E-state index contributed by atoms with van der Waals surface area (Å²) in [6, 6.07) is 11.5. The molecular weight excluding hydrogens is 363 g/mol. The van der Waals surface area contributed by atoms with E-state index in [0.29, 0.717) is 21.2 Å². The van der Waals surface area contributed by atoms with E-state index in [0.717, 1.165) is 10.5 Å². The molecule has 2 aromatic rings. The zero-order valence-corrected chi connectivity index (χ0v) is 14.8. The second-order valence-corrected chi connectivity index (χ2v) is 6.57. The van der Waals surface area contributed by atoms with Crippen LogP contribution in [0.1, 0.15) is 26.3 Å². The lowest BCUT2D eigenvalue weighted by molar-refractivity contribution is -0.130. The molecule has 7 heteroatoms. The van der Waals surface area contributed by atoms with Crippen LogP contribution in [-0.4, -0.2) is 41.1 Å². The third-order valence-corrected chi connectivity index (χ3v) is 4.61. The zero-order chi connectivity index (χ0) is 18.1. The molecule has 3 rings (SSSR count). The summed E-state index contributed by atoms with van der Waals surface area (Å²) in [5.74, 6) is -1.26. The van der Waals surface area contributed by atoms with Gasteiger partial charge >= 0.3 is 0 Å². The van der Waals surface area contributed by atoms with E-state index in [1.807, 2.05) is 0 Å². The van der Waals surface area contributed by atoms with Crippen molar-refractivity contribution in [2.75, 3.05) is 13.6 Å². The number of hydrogen-bond acceptors (Lipinski definition) is 3. The van der Waals surface area contributed by atoms with Crippen molar-refractivity contribution in [3.8, 4) is 0 Å². The Morgan fingerprint density at radius 1 is 1.04 bits per heavy atom. The minimum atomic E-state index is -0.452. The van der Waals surface area contributed by atoms with Gasteiger partial charge in [-0.3, -0.25) is 19.3 Å². The van der Waals surface area contributed by atoms with E-state index in [9.17, 15) is 14.4 Å². The lowest BCUT2D eigenvalue weighted by Crippen LogP contribution is -2.41. The van der Waals surface area contributed by atoms with E-state index in [1.165, 1.54) is 4.90 Å². The van der Waals surface area contributed by atoms with E-state index in [1.54, 1.807) is 49.5 Å². The number of imide groups is 1. The van der Waals surface area contributed by atoms with Crippen LogP contribution in [0.5, 0.6) is 0 Å². The Bertz CT molecular complexity index is 847. The third kappa shape index (κ3) is 3.38. The predicted octanol–water partition coefficient (Wildman–Crippen LogP) is 3.25. The molecule has 0 aromatic heterocycles. The molecule has 2 aromatic carbocycles. The van der Waals surface area contributed by atoms with E-state index in [4.69, 9.17) is 23.2 Å². The second kappa shape index (κ2) is 6.86. The number of benzene rings is 2. The average molecular weight is 377 g/mol. The molecule has 0 bridgehead atoms. The van der Waals surface area contributed by atoms with Crippen LogP contribution < -0.4 is 0 Å². The van der Waals surface area contributed by atoms with Gasteiger partial charge < -0.3 is 4.90 Å². The van der Waals surface area contributed by atoms with Gasteiger partial charge in [-0.2, -0.15) is 0 Å². The molecular formula is C18H14Cl2N2O3. The van der Waals surface area contributed by atoms with Crippen LogP contribution in [0, 0.1) is 0 Å². The normalized spacial score (nSPS) is 13.2. The Hall–Kier alpha value is -2.37. The summed E-state index contributed by atoms with van der Waals surface area (Å²) in [7, 11) is 1.59. The fourth-order valence-electron chi connectivity index (χ4n) is 2.63. The van der Waals surface area contributed by atoms with Crippen LogP contribution in [0.2, 0.25) is 10.0 Å². The van der Waals surface area contributed by atoms with Gasteiger partial charge in [-0.15, -0.1) is 0 Å². The molecule has 3 amide bonds. The maximum absolute atomic E-state index is 12.4. The van der Waals surface area contributed by atoms with Crippen LogP contribution in [0.4, 0.5) is 0 Å². The Balaban J connectivity index is 1.70. The highest BCUT2D eigenvalue weighted by Crippen LogP contribution is 2.24. The molecule has 0 spiro atoms. The van der Waals surface area contributed by atoms with E-state index >= 15 is 0 Å². The topological polar surface area (TPSA) is 57.7 Å². The van der Waals surface area contributed by atoms with E-state index in [-0.39, 0.29) is 19.0 Å². The molecule has 128 valence electrons. The van der Waals surface area contributed by atoms with Crippen molar-refractivity contribution in [3.63, 3.8) is 0 Å². The summed E-state index contributed by atoms with van der Waals surface area (Å²) in [5.41, 5.74) is 1.37. The molecule has 0 unspecified atom stereocenters. The first-order valence-electron chi connectivity index (χ1n) is 7.51. The standard InChI is InChI=1S/C18H14Cl2N2O3/c1-21(9-11-6-7-12(19)8-15(11)20)16(23)10-22-17(24)13-4-2-3-5-14(13)18(22)25/h2-8H,9-10H2,1H3. The number of rotatable bonds is 4. The van der Waals surface area contributed by atoms with Gasteiger partial charge in [-0.25, -0.2) is 0 Å². The van der Waals surface area contributed by atoms with Gasteiger partial charge in [0, 0.05) is 23.6 Å². The number of carbonyl (C=O) groups excluding carboxylic acids is 3. The van der Waals surface area contributed by atoms with Crippen molar-refractivity contribution in [2.45, 2.75) is 6.54 Å². The van der Waals surface area contributed by atoms with Crippen LogP contribution in [0.3, 0.4) is 0 Å². The smallest absolute Gasteiger partial charge is 0.262 e. The number of fused-ring (bicyclic) bond motifs is 1.